The lowest BCUT2D eigenvalue weighted by atomic mass is 10.4. The molecule has 0 spiro atoms. The second-order valence-corrected chi connectivity index (χ2v) is 3.03. The SMILES string of the molecule is Nc1ncc2[nH]c(-c3ccco3)nc2n1. The summed E-state index contributed by atoms with van der Waals surface area (Å²) in [6, 6.07) is 3.61. The standard InChI is InChI=1S/C9H7N5O/c10-9-11-4-5-7(14-9)13-8(12-5)6-2-1-3-15-6/h1-4H,(H3,10,11,12,13,14). The molecule has 3 aromatic heterocycles. The molecule has 0 aliphatic heterocycles. The van der Waals surface area contributed by atoms with E-state index in [-0.39, 0.29) is 5.95 Å². The van der Waals surface area contributed by atoms with E-state index in [1.165, 1.54) is 0 Å². The number of imidazole rings is 1. The minimum absolute atomic E-state index is 0.208. The molecule has 3 aromatic rings. The Morgan fingerprint density at radius 2 is 2.27 bits per heavy atom. The molecule has 6 heteroatoms. The third kappa shape index (κ3) is 1.23. The Morgan fingerprint density at radius 3 is 3.07 bits per heavy atom. The summed E-state index contributed by atoms with van der Waals surface area (Å²) in [4.78, 5) is 15.1. The van der Waals surface area contributed by atoms with Gasteiger partial charge in [0.15, 0.2) is 17.2 Å². The molecular formula is C9H7N5O. The minimum Gasteiger partial charge on any atom is -0.461 e. The molecule has 0 saturated carbocycles. The first-order valence-electron chi connectivity index (χ1n) is 4.35. The molecule has 0 amide bonds. The molecule has 0 bridgehead atoms. The van der Waals surface area contributed by atoms with Crippen molar-refractivity contribution in [1.29, 1.82) is 0 Å². The Kier molecular flexibility index (Phi) is 1.49. The number of aromatic nitrogens is 4. The van der Waals surface area contributed by atoms with Gasteiger partial charge in [0.25, 0.3) is 0 Å². The molecule has 15 heavy (non-hydrogen) atoms. The van der Waals surface area contributed by atoms with E-state index in [2.05, 4.69) is 19.9 Å². The lowest BCUT2D eigenvalue weighted by Gasteiger charge is -1.87. The Morgan fingerprint density at radius 1 is 1.33 bits per heavy atom. The summed E-state index contributed by atoms with van der Waals surface area (Å²) in [5.74, 6) is 1.49. The van der Waals surface area contributed by atoms with Crippen LogP contribution in [-0.4, -0.2) is 19.9 Å². The van der Waals surface area contributed by atoms with E-state index in [0.29, 0.717) is 17.2 Å². The Balaban J connectivity index is 2.22. The molecule has 0 unspecified atom stereocenters. The zero-order chi connectivity index (χ0) is 10.3. The van der Waals surface area contributed by atoms with Gasteiger partial charge in [0.1, 0.15) is 5.52 Å². The van der Waals surface area contributed by atoms with Gasteiger partial charge in [-0.25, -0.2) is 9.97 Å². The summed E-state index contributed by atoms with van der Waals surface area (Å²) in [5.41, 5.74) is 6.72. The monoisotopic (exact) mass is 201 g/mol. The second-order valence-electron chi connectivity index (χ2n) is 3.03. The number of nitrogens with one attached hydrogen (secondary N) is 1. The molecule has 0 aliphatic carbocycles. The van der Waals surface area contributed by atoms with E-state index >= 15 is 0 Å². The largest absolute Gasteiger partial charge is 0.461 e. The van der Waals surface area contributed by atoms with Crippen molar-refractivity contribution >= 4 is 17.1 Å². The Labute approximate surface area is 84.2 Å². The predicted octanol–water partition coefficient (Wildman–Crippen LogP) is 1.20. The third-order valence-corrected chi connectivity index (χ3v) is 2.01. The number of furan rings is 1. The van der Waals surface area contributed by atoms with Crippen molar-refractivity contribution in [2.45, 2.75) is 0 Å². The maximum Gasteiger partial charge on any atom is 0.222 e. The fourth-order valence-corrected chi connectivity index (χ4v) is 1.35. The fourth-order valence-electron chi connectivity index (χ4n) is 1.35. The van der Waals surface area contributed by atoms with Gasteiger partial charge in [-0.1, -0.05) is 0 Å². The van der Waals surface area contributed by atoms with Crippen molar-refractivity contribution in [2.24, 2.45) is 0 Å². The average molecular weight is 201 g/mol. The molecule has 74 valence electrons. The predicted molar refractivity (Wildman–Crippen MR) is 53.8 cm³/mol. The summed E-state index contributed by atoms with van der Waals surface area (Å²) in [6.45, 7) is 0. The first kappa shape index (κ1) is 7.98. The van der Waals surface area contributed by atoms with Crippen LogP contribution in [0.4, 0.5) is 5.95 Å². The lowest BCUT2D eigenvalue weighted by molar-refractivity contribution is 0.578. The van der Waals surface area contributed by atoms with Crippen molar-refractivity contribution in [1.82, 2.24) is 19.9 Å². The number of hydrogen-bond donors (Lipinski definition) is 2. The van der Waals surface area contributed by atoms with Gasteiger partial charge in [-0.2, -0.15) is 4.98 Å². The van der Waals surface area contributed by atoms with Gasteiger partial charge in [-0.15, -0.1) is 0 Å². The van der Waals surface area contributed by atoms with E-state index in [1.54, 1.807) is 18.5 Å². The van der Waals surface area contributed by atoms with Crippen LogP contribution in [0.3, 0.4) is 0 Å². The van der Waals surface area contributed by atoms with E-state index in [4.69, 9.17) is 10.2 Å². The number of nitrogens with zero attached hydrogens (tertiary/aromatic N) is 3. The van der Waals surface area contributed by atoms with Crippen LogP contribution >= 0.6 is 0 Å². The minimum atomic E-state index is 0.208. The zero-order valence-corrected chi connectivity index (χ0v) is 7.64. The third-order valence-electron chi connectivity index (χ3n) is 2.01. The van der Waals surface area contributed by atoms with Crippen molar-refractivity contribution in [3.63, 3.8) is 0 Å². The van der Waals surface area contributed by atoms with Gasteiger partial charge in [0.05, 0.1) is 12.5 Å². The number of nitrogens with two attached hydrogens (primary N) is 1. The van der Waals surface area contributed by atoms with Gasteiger partial charge in [-0.05, 0) is 12.1 Å². The number of hydrogen-bond acceptors (Lipinski definition) is 5. The molecule has 0 aromatic carbocycles. The quantitative estimate of drug-likeness (QED) is 0.616. The Hall–Kier alpha value is -2.37. The molecule has 3 rings (SSSR count). The van der Waals surface area contributed by atoms with Crippen LogP contribution in [0.5, 0.6) is 0 Å². The lowest BCUT2D eigenvalue weighted by Crippen LogP contribution is -1.93. The number of H-pyrrole nitrogens is 1. The van der Waals surface area contributed by atoms with Gasteiger partial charge in [0.2, 0.25) is 5.95 Å². The van der Waals surface area contributed by atoms with Crippen molar-refractivity contribution in [2.75, 3.05) is 5.73 Å². The van der Waals surface area contributed by atoms with E-state index < -0.39 is 0 Å². The van der Waals surface area contributed by atoms with E-state index in [1.807, 2.05) is 6.07 Å². The maximum absolute atomic E-state index is 5.45. The van der Waals surface area contributed by atoms with Crippen LogP contribution in [0.2, 0.25) is 0 Å². The summed E-state index contributed by atoms with van der Waals surface area (Å²) < 4.78 is 5.21. The molecule has 0 fully saturated rings. The number of fused-ring (bicyclic) bond motifs is 1. The molecule has 0 aliphatic rings. The first-order valence-corrected chi connectivity index (χ1v) is 4.35. The number of aromatic amines is 1. The van der Waals surface area contributed by atoms with Crippen molar-refractivity contribution in [3.8, 4) is 11.6 Å². The molecule has 3 N–H and O–H groups in total. The van der Waals surface area contributed by atoms with Crippen LogP contribution in [0.1, 0.15) is 0 Å². The highest BCUT2D eigenvalue weighted by molar-refractivity contribution is 5.74. The van der Waals surface area contributed by atoms with Crippen LogP contribution in [0.15, 0.2) is 29.0 Å². The smallest absolute Gasteiger partial charge is 0.222 e. The average Bonchev–Trinajstić information content (AvgIpc) is 2.84. The fraction of sp³-hybridized carbons (Fsp3) is 0. The first-order chi connectivity index (χ1) is 7.33. The summed E-state index contributed by atoms with van der Waals surface area (Å²) >= 11 is 0. The molecule has 0 radical (unpaired) electrons. The normalized spacial score (nSPS) is 10.9. The van der Waals surface area contributed by atoms with Crippen LogP contribution in [0.25, 0.3) is 22.7 Å². The van der Waals surface area contributed by atoms with Crippen molar-refractivity contribution < 1.29 is 4.42 Å². The van der Waals surface area contributed by atoms with Crippen LogP contribution in [-0.2, 0) is 0 Å². The number of rotatable bonds is 1. The Bertz CT molecular complexity index is 598. The highest BCUT2D eigenvalue weighted by atomic mass is 16.3. The molecule has 3 heterocycles. The topological polar surface area (TPSA) is 93.6 Å². The van der Waals surface area contributed by atoms with Crippen molar-refractivity contribution in [3.05, 3.63) is 24.6 Å². The summed E-state index contributed by atoms with van der Waals surface area (Å²) in [6.07, 6.45) is 3.18. The molecule has 0 atom stereocenters. The highest BCUT2D eigenvalue weighted by Gasteiger charge is 2.08. The number of anilines is 1. The highest BCUT2D eigenvalue weighted by Crippen LogP contribution is 2.19. The van der Waals surface area contributed by atoms with Gasteiger partial charge >= 0.3 is 0 Å². The summed E-state index contributed by atoms with van der Waals surface area (Å²) in [7, 11) is 0. The van der Waals surface area contributed by atoms with Crippen LogP contribution < -0.4 is 5.73 Å². The van der Waals surface area contributed by atoms with E-state index in [9.17, 15) is 0 Å². The van der Waals surface area contributed by atoms with E-state index in [0.717, 1.165) is 5.52 Å². The second kappa shape index (κ2) is 2.81. The summed E-state index contributed by atoms with van der Waals surface area (Å²) in [5, 5.41) is 0. The maximum atomic E-state index is 5.45. The van der Waals surface area contributed by atoms with Gasteiger partial charge in [0, 0.05) is 0 Å². The molecular weight excluding hydrogens is 194 g/mol. The van der Waals surface area contributed by atoms with Crippen LogP contribution in [0, 0.1) is 0 Å². The number of nitrogen functional groups attached to an aromatic ring is 1. The molecule has 0 saturated heterocycles. The van der Waals surface area contributed by atoms with Gasteiger partial charge < -0.3 is 15.1 Å². The van der Waals surface area contributed by atoms with Gasteiger partial charge in [-0.3, -0.25) is 0 Å². The zero-order valence-electron chi connectivity index (χ0n) is 7.64. The molecule has 6 nitrogen and oxygen atoms in total.